The Morgan fingerprint density at radius 3 is 1.55 bits per heavy atom. The van der Waals surface area contributed by atoms with Gasteiger partial charge in [0.25, 0.3) is 0 Å². The van der Waals surface area contributed by atoms with Gasteiger partial charge in [-0.1, -0.05) is 33.6 Å². The summed E-state index contributed by atoms with van der Waals surface area (Å²) in [6.45, 7) is 8.60. The van der Waals surface area contributed by atoms with Crippen LogP contribution in [0.15, 0.2) is 0 Å². The average molecular weight is 153 g/mol. The van der Waals surface area contributed by atoms with Crippen molar-refractivity contribution in [3.05, 3.63) is 0 Å². The zero-order valence-electron chi connectivity index (χ0n) is 8.23. The maximum atomic E-state index is 5.51. The fourth-order valence-electron chi connectivity index (χ4n) is 1.65. The molecule has 0 amide bonds. The van der Waals surface area contributed by atoms with E-state index in [2.05, 4.69) is 38.9 Å². The Balaban J connectivity index is 4.65. The average Bonchev–Trinajstić information content (AvgIpc) is 1.90. The molecule has 0 aliphatic rings. The zero-order valence-corrected chi connectivity index (χ0v) is 8.23. The molecule has 0 aromatic carbocycles. The molecule has 0 aliphatic carbocycles. The van der Waals surface area contributed by atoms with Gasteiger partial charge in [-0.2, -0.15) is 0 Å². The van der Waals surface area contributed by atoms with E-state index in [0.717, 1.165) is 0 Å². The van der Waals surface area contributed by atoms with Gasteiger partial charge >= 0.3 is 0 Å². The predicted molar refractivity (Wildman–Crippen MR) is 50.3 cm³/mol. The first kappa shape index (κ1) is 10.5. The van der Waals surface area contributed by atoms with Crippen LogP contribution in [0.5, 0.6) is 0 Å². The first-order chi connectivity index (χ1) is 5.01. The minimum atomic E-state index is -0.139. The fourth-order valence-corrected chi connectivity index (χ4v) is 1.65. The van der Waals surface area contributed by atoms with Crippen molar-refractivity contribution in [2.75, 3.05) is 7.05 Å². The molecule has 0 saturated heterocycles. The van der Waals surface area contributed by atoms with Crippen LogP contribution in [0.2, 0.25) is 0 Å². The van der Waals surface area contributed by atoms with E-state index < -0.39 is 0 Å². The Morgan fingerprint density at radius 2 is 1.55 bits per heavy atom. The van der Waals surface area contributed by atoms with E-state index in [-0.39, 0.29) is 5.54 Å². The van der Waals surface area contributed by atoms with Crippen LogP contribution in [0.4, 0.5) is 0 Å². The molecule has 1 heteroatoms. The maximum Gasteiger partial charge on any atom is 0.0842 e. The highest BCUT2D eigenvalue weighted by Crippen LogP contribution is 2.24. The van der Waals surface area contributed by atoms with Crippen molar-refractivity contribution in [3.63, 3.8) is 0 Å². The van der Waals surface area contributed by atoms with Crippen LogP contribution in [0.25, 0.3) is 0 Å². The molecule has 0 atom stereocenters. The first-order valence-corrected chi connectivity index (χ1v) is 4.18. The highest BCUT2D eigenvalue weighted by Gasteiger charge is 2.32. The number of nitrogens with one attached hydrogen (secondary N) is 1. The molecule has 0 fully saturated rings. The van der Waals surface area contributed by atoms with Gasteiger partial charge in [0.2, 0.25) is 0 Å². The van der Waals surface area contributed by atoms with Crippen molar-refractivity contribution in [1.29, 1.82) is 0 Å². The maximum absolute atomic E-state index is 5.51. The molecule has 0 rings (SSSR count). The monoisotopic (exact) mass is 153 g/mol. The minimum Gasteiger partial charge on any atom is -0.304 e. The van der Waals surface area contributed by atoms with Crippen LogP contribution < -0.4 is 5.32 Å². The summed E-state index contributed by atoms with van der Waals surface area (Å²) in [6, 6.07) is 0. The van der Waals surface area contributed by atoms with Gasteiger partial charge in [-0.15, -0.1) is 6.42 Å². The Hall–Kier alpha value is -0.480. The van der Waals surface area contributed by atoms with Gasteiger partial charge < -0.3 is 5.32 Å². The van der Waals surface area contributed by atoms with Gasteiger partial charge in [0.05, 0.1) is 5.54 Å². The van der Waals surface area contributed by atoms with Crippen molar-refractivity contribution < 1.29 is 0 Å². The summed E-state index contributed by atoms with van der Waals surface area (Å²) in [5, 5.41) is 3.23. The van der Waals surface area contributed by atoms with Crippen LogP contribution in [0.1, 0.15) is 27.7 Å². The van der Waals surface area contributed by atoms with E-state index in [1.807, 2.05) is 7.05 Å². The second-order valence-electron chi connectivity index (χ2n) is 3.57. The van der Waals surface area contributed by atoms with Gasteiger partial charge in [0, 0.05) is 0 Å². The van der Waals surface area contributed by atoms with E-state index >= 15 is 0 Å². The van der Waals surface area contributed by atoms with Gasteiger partial charge in [0.15, 0.2) is 0 Å². The van der Waals surface area contributed by atoms with Crippen LogP contribution in [0, 0.1) is 24.2 Å². The Kier molecular flexibility index (Phi) is 3.62. The van der Waals surface area contributed by atoms with Crippen molar-refractivity contribution >= 4 is 0 Å². The molecular weight excluding hydrogens is 134 g/mol. The lowest BCUT2D eigenvalue weighted by Crippen LogP contribution is -2.50. The smallest absolute Gasteiger partial charge is 0.0842 e. The second kappa shape index (κ2) is 3.78. The second-order valence-corrected chi connectivity index (χ2v) is 3.57. The third-order valence-corrected chi connectivity index (χ3v) is 2.47. The first-order valence-electron chi connectivity index (χ1n) is 4.18. The summed E-state index contributed by atoms with van der Waals surface area (Å²) < 4.78 is 0. The molecule has 0 aliphatic heterocycles. The molecule has 0 aromatic heterocycles. The van der Waals surface area contributed by atoms with E-state index in [1.165, 1.54) is 0 Å². The van der Waals surface area contributed by atoms with Crippen molar-refractivity contribution in [1.82, 2.24) is 5.32 Å². The number of terminal acetylenes is 1. The molecule has 0 spiro atoms. The van der Waals surface area contributed by atoms with Gasteiger partial charge in [-0.05, 0) is 18.9 Å². The third kappa shape index (κ3) is 1.75. The molecule has 0 bridgehead atoms. The number of hydrogen-bond donors (Lipinski definition) is 1. The predicted octanol–water partition coefficient (Wildman–Crippen LogP) is 1.89. The largest absolute Gasteiger partial charge is 0.304 e. The zero-order chi connectivity index (χ0) is 9.07. The molecule has 11 heavy (non-hydrogen) atoms. The standard InChI is InChI=1S/C10H19N/c1-7-10(11-6,8(2)3)9(4)5/h1,8-9,11H,2-6H3. The summed E-state index contributed by atoms with van der Waals surface area (Å²) in [5.74, 6) is 3.79. The fraction of sp³-hybridized carbons (Fsp3) is 0.800. The Bertz CT molecular complexity index is 143. The summed E-state index contributed by atoms with van der Waals surface area (Å²) in [6.07, 6.45) is 5.51. The Labute approximate surface area is 70.6 Å². The number of hydrogen-bond acceptors (Lipinski definition) is 1. The van der Waals surface area contributed by atoms with E-state index in [0.29, 0.717) is 11.8 Å². The van der Waals surface area contributed by atoms with E-state index in [4.69, 9.17) is 6.42 Å². The summed E-state index contributed by atoms with van der Waals surface area (Å²) in [4.78, 5) is 0. The minimum absolute atomic E-state index is 0.139. The van der Waals surface area contributed by atoms with Crippen molar-refractivity contribution in [2.45, 2.75) is 33.2 Å². The Morgan fingerprint density at radius 1 is 1.18 bits per heavy atom. The number of rotatable bonds is 3. The quantitative estimate of drug-likeness (QED) is 0.610. The highest BCUT2D eigenvalue weighted by atomic mass is 14.9. The lowest BCUT2D eigenvalue weighted by Gasteiger charge is -2.36. The summed E-state index contributed by atoms with van der Waals surface area (Å²) in [5.41, 5.74) is -0.139. The van der Waals surface area contributed by atoms with Crippen molar-refractivity contribution in [2.24, 2.45) is 11.8 Å². The molecule has 1 nitrogen and oxygen atoms in total. The SMILES string of the molecule is C#CC(NC)(C(C)C)C(C)C. The normalized spacial score (nSPS) is 12.2. The molecule has 0 saturated carbocycles. The van der Waals surface area contributed by atoms with Gasteiger partial charge in [-0.3, -0.25) is 0 Å². The van der Waals surface area contributed by atoms with Crippen molar-refractivity contribution in [3.8, 4) is 12.3 Å². The molecule has 0 unspecified atom stereocenters. The van der Waals surface area contributed by atoms with Crippen LogP contribution in [-0.2, 0) is 0 Å². The van der Waals surface area contributed by atoms with Crippen LogP contribution >= 0.6 is 0 Å². The molecule has 0 radical (unpaired) electrons. The van der Waals surface area contributed by atoms with Crippen LogP contribution in [0.3, 0.4) is 0 Å². The molecule has 0 aromatic rings. The molecular formula is C10H19N. The lowest BCUT2D eigenvalue weighted by molar-refractivity contribution is 0.251. The third-order valence-electron chi connectivity index (χ3n) is 2.47. The summed E-state index contributed by atoms with van der Waals surface area (Å²) >= 11 is 0. The van der Waals surface area contributed by atoms with Gasteiger partial charge in [0.1, 0.15) is 0 Å². The summed E-state index contributed by atoms with van der Waals surface area (Å²) in [7, 11) is 1.93. The molecule has 1 N–H and O–H groups in total. The molecule has 64 valence electrons. The topological polar surface area (TPSA) is 12.0 Å². The van der Waals surface area contributed by atoms with Crippen LogP contribution in [-0.4, -0.2) is 12.6 Å². The van der Waals surface area contributed by atoms with Gasteiger partial charge in [-0.25, -0.2) is 0 Å². The highest BCUT2D eigenvalue weighted by molar-refractivity contribution is 5.15. The van der Waals surface area contributed by atoms with E-state index in [1.54, 1.807) is 0 Å². The lowest BCUT2D eigenvalue weighted by atomic mass is 9.78. The van der Waals surface area contributed by atoms with E-state index in [9.17, 15) is 0 Å². The molecule has 0 heterocycles.